The molecule has 1 fully saturated rings. The van der Waals surface area contributed by atoms with Gasteiger partial charge in [0.05, 0.1) is 5.41 Å². The Morgan fingerprint density at radius 3 is 2.29 bits per heavy atom. The van der Waals surface area contributed by atoms with Gasteiger partial charge in [0.1, 0.15) is 0 Å². The highest BCUT2D eigenvalue weighted by Crippen LogP contribution is 2.26. The molecule has 1 aliphatic heterocycles. The Kier molecular flexibility index (Phi) is 4.99. The summed E-state index contributed by atoms with van der Waals surface area (Å²) in [6.45, 7) is 11.4. The molecule has 1 aliphatic rings. The molecular formula is C14H27NO2. The number of hydrogen-bond acceptors (Lipinski definition) is 2. The van der Waals surface area contributed by atoms with E-state index in [-0.39, 0.29) is 0 Å². The van der Waals surface area contributed by atoms with Crippen LogP contribution in [0, 0.1) is 17.3 Å². The summed E-state index contributed by atoms with van der Waals surface area (Å²) in [7, 11) is 0. The van der Waals surface area contributed by atoms with Gasteiger partial charge in [0, 0.05) is 0 Å². The molecule has 1 N–H and O–H groups in total. The molecule has 0 atom stereocenters. The van der Waals surface area contributed by atoms with Gasteiger partial charge < -0.3 is 10.0 Å². The monoisotopic (exact) mass is 241 g/mol. The van der Waals surface area contributed by atoms with Crippen molar-refractivity contribution < 1.29 is 9.90 Å². The summed E-state index contributed by atoms with van der Waals surface area (Å²) < 4.78 is 0. The number of carboxylic acid groups (broad SMARTS) is 1. The van der Waals surface area contributed by atoms with Crippen LogP contribution in [0.15, 0.2) is 0 Å². The fourth-order valence-corrected chi connectivity index (χ4v) is 2.39. The van der Waals surface area contributed by atoms with E-state index >= 15 is 0 Å². The Bertz CT molecular complexity index is 253. The lowest BCUT2D eigenvalue weighted by atomic mass is 9.85. The second-order valence-electron chi connectivity index (χ2n) is 6.36. The van der Waals surface area contributed by atoms with Crippen LogP contribution in [0.3, 0.4) is 0 Å². The molecular weight excluding hydrogens is 214 g/mol. The molecule has 0 aromatic rings. The zero-order valence-electron chi connectivity index (χ0n) is 11.7. The molecule has 3 nitrogen and oxygen atoms in total. The maximum absolute atomic E-state index is 11.0. The topological polar surface area (TPSA) is 40.5 Å². The summed E-state index contributed by atoms with van der Waals surface area (Å²) in [5, 5.41) is 9.07. The molecule has 0 spiro atoms. The summed E-state index contributed by atoms with van der Waals surface area (Å²) in [6, 6.07) is 0. The van der Waals surface area contributed by atoms with Gasteiger partial charge >= 0.3 is 5.97 Å². The van der Waals surface area contributed by atoms with Crippen LogP contribution in [0.5, 0.6) is 0 Å². The number of likely N-dealkylation sites (tertiary alicyclic amines) is 1. The van der Waals surface area contributed by atoms with E-state index in [9.17, 15) is 4.79 Å². The highest BCUT2D eigenvalue weighted by atomic mass is 16.4. The zero-order chi connectivity index (χ0) is 13.1. The average molecular weight is 241 g/mol. The van der Waals surface area contributed by atoms with Crippen LogP contribution in [-0.2, 0) is 4.79 Å². The minimum Gasteiger partial charge on any atom is -0.481 e. The van der Waals surface area contributed by atoms with E-state index in [1.165, 1.54) is 12.8 Å². The van der Waals surface area contributed by atoms with Crippen molar-refractivity contribution in [3.05, 3.63) is 0 Å². The van der Waals surface area contributed by atoms with Gasteiger partial charge in [-0.25, -0.2) is 0 Å². The standard InChI is InChI=1S/C14H27NO2/c1-11(2)12-5-8-15(9-6-12)10-7-14(3,4)13(16)17/h11-12H,5-10H2,1-4H3,(H,16,17). The van der Waals surface area contributed by atoms with Crippen LogP contribution in [0.4, 0.5) is 0 Å². The molecule has 0 bridgehead atoms. The van der Waals surface area contributed by atoms with Crippen molar-refractivity contribution in [2.45, 2.75) is 47.0 Å². The maximum Gasteiger partial charge on any atom is 0.309 e. The Morgan fingerprint density at radius 1 is 1.35 bits per heavy atom. The van der Waals surface area contributed by atoms with E-state index in [0.29, 0.717) is 0 Å². The second kappa shape index (κ2) is 5.85. The number of carbonyl (C=O) groups is 1. The molecule has 100 valence electrons. The Morgan fingerprint density at radius 2 is 1.88 bits per heavy atom. The third-order valence-electron chi connectivity index (χ3n) is 4.21. The van der Waals surface area contributed by atoms with E-state index in [1.54, 1.807) is 0 Å². The van der Waals surface area contributed by atoms with E-state index in [2.05, 4.69) is 18.7 Å². The number of rotatable bonds is 5. The largest absolute Gasteiger partial charge is 0.481 e. The Balaban J connectivity index is 2.29. The Hall–Kier alpha value is -0.570. The van der Waals surface area contributed by atoms with Gasteiger partial charge in [0.15, 0.2) is 0 Å². The SMILES string of the molecule is CC(C)C1CCN(CCC(C)(C)C(=O)O)CC1. The molecule has 3 heteroatoms. The molecule has 1 rings (SSSR count). The smallest absolute Gasteiger partial charge is 0.309 e. The van der Waals surface area contributed by atoms with E-state index < -0.39 is 11.4 Å². The van der Waals surface area contributed by atoms with Gasteiger partial charge in [-0.05, 0) is 64.6 Å². The van der Waals surface area contributed by atoms with Crippen molar-refractivity contribution in [3.63, 3.8) is 0 Å². The van der Waals surface area contributed by atoms with E-state index in [0.717, 1.165) is 37.9 Å². The normalized spacial score (nSPS) is 19.8. The van der Waals surface area contributed by atoms with Gasteiger partial charge in [-0.1, -0.05) is 13.8 Å². The molecule has 17 heavy (non-hydrogen) atoms. The van der Waals surface area contributed by atoms with Gasteiger partial charge in [0.25, 0.3) is 0 Å². The summed E-state index contributed by atoms with van der Waals surface area (Å²) in [5.41, 5.74) is -0.588. The highest BCUT2D eigenvalue weighted by molar-refractivity contribution is 5.73. The molecule has 0 saturated carbocycles. The van der Waals surface area contributed by atoms with E-state index in [4.69, 9.17) is 5.11 Å². The fraction of sp³-hybridized carbons (Fsp3) is 0.929. The summed E-state index contributed by atoms with van der Waals surface area (Å²) in [5.74, 6) is 0.959. The predicted molar refractivity (Wildman–Crippen MR) is 70.0 cm³/mol. The highest BCUT2D eigenvalue weighted by Gasteiger charge is 2.28. The van der Waals surface area contributed by atoms with Crippen molar-refractivity contribution in [1.29, 1.82) is 0 Å². The van der Waals surface area contributed by atoms with E-state index in [1.807, 2.05) is 13.8 Å². The van der Waals surface area contributed by atoms with Crippen molar-refractivity contribution in [1.82, 2.24) is 4.90 Å². The number of hydrogen-bond donors (Lipinski definition) is 1. The van der Waals surface area contributed by atoms with Crippen molar-refractivity contribution in [2.24, 2.45) is 17.3 Å². The number of nitrogens with zero attached hydrogens (tertiary/aromatic N) is 1. The quantitative estimate of drug-likeness (QED) is 0.804. The Labute approximate surface area is 105 Å². The average Bonchev–Trinajstić information content (AvgIpc) is 2.27. The van der Waals surface area contributed by atoms with Crippen LogP contribution in [0.25, 0.3) is 0 Å². The molecule has 0 aliphatic carbocycles. The van der Waals surface area contributed by atoms with Crippen LogP contribution >= 0.6 is 0 Å². The molecule has 0 radical (unpaired) electrons. The lowest BCUT2D eigenvalue weighted by Gasteiger charge is -2.35. The summed E-state index contributed by atoms with van der Waals surface area (Å²) in [4.78, 5) is 13.4. The number of aliphatic carboxylic acids is 1. The molecule has 0 unspecified atom stereocenters. The minimum absolute atomic E-state index is 0.588. The lowest BCUT2D eigenvalue weighted by Crippen LogP contribution is -2.38. The van der Waals surface area contributed by atoms with Crippen LogP contribution in [-0.4, -0.2) is 35.6 Å². The minimum atomic E-state index is -0.686. The summed E-state index contributed by atoms with van der Waals surface area (Å²) in [6.07, 6.45) is 3.28. The molecule has 0 amide bonds. The maximum atomic E-state index is 11.0. The first-order chi connectivity index (χ1) is 7.83. The van der Waals surface area contributed by atoms with Gasteiger partial charge in [-0.15, -0.1) is 0 Å². The van der Waals surface area contributed by atoms with Crippen LogP contribution in [0.1, 0.15) is 47.0 Å². The van der Waals surface area contributed by atoms with Crippen LogP contribution in [0.2, 0.25) is 0 Å². The van der Waals surface area contributed by atoms with Gasteiger partial charge in [-0.2, -0.15) is 0 Å². The first-order valence-corrected chi connectivity index (χ1v) is 6.78. The van der Waals surface area contributed by atoms with Crippen LogP contribution < -0.4 is 0 Å². The fourth-order valence-electron chi connectivity index (χ4n) is 2.39. The molecule has 1 heterocycles. The zero-order valence-corrected chi connectivity index (χ0v) is 11.7. The summed E-state index contributed by atoms with van der Waals surface area (Å²) >= 11 is 0. The second-order valence-corrected chi connectivity index (χ2v) is 6.36. The van der Waals surface area contributed by atoms with Gasteiger partial charge in [0.2, 0.25) is 0 Å². The molecule has 0 aromatic heterocycles. The van der Waals surface area contributed by atoms with Crippen molar-refractivity contribution >= 4 is 5.97 Å². The third kappa shape index (κ3) is 4.30. The lowest BCUT2D eigenvalue weighted by molar-refractivity contribution is -0.147. The predicted octanol–water partition coefficient (Wildman–Crippen LogP) is 2.86. The van der Waals surface area contributed by atoms with Crippen molar-refractivity contribution in [2.75, 3.05) is 19.6 Å². The third-order valence-corrected chi connectivity index (χ3v) is 4.21. The number of piperidine rings is 1. The first kappa shape index (κ1) is 14.5. The van der Waals surface area contributed by atoms with Gasteiger partial charge in [-0.3, -0.25) is 4.79 Å². The molecule has 0 aromatic carbocycles. The molecule has 1 saturated heterocycles. The number of carboxylic acids is 1. The van der Waals surface area contributed by atoms with Crippen molar-refractivity contribution in [3.8, 4) is 0 Å². The first-order valence-electron chi connectivity index (χ1n) is 6.78.